The van der Waals surface area contributed by atoms with E-state index in [0.29, 0.717) is 0 Å². The number of hydrogen-bond acceptors (Lipinski definition) is 4. The lowest BCUT2D eigenvalue weighted by molar-refractivity contribution is -0.265. The summed E-state index contributed by atoms with van der Waals surface area (Å²) < 4.78 is 37.1. The molecule has 1 aliphatic carbocycles. The summed E-state index contributed by atoms with van der Waals surface area (Å²) >= 11 is 0. The fourth-order valence-electron chi connectivity index (χ4n) is 1.44. The lowest BCUT2D eigenvalue weighted by Gasteiger charge is -2.33. The van der Waals surface area contributed by atoms with Gasteiger partial charge in [-0.3, -0.25) is 4.84 Å². The summed E-state index contributed by atoms with van der Waals surface area (Å²) in [7, 11) is 0. The first-order chi connectivity index (χ1) is 7.24. The van der Waals surface area contributed by atoms with Crippen molar-refractivity contribution in [2.45, 2.75) is 37.5 Å². The number of oxime groups is 1. The van der Waals surface area contributed by atoms with Crippen LogP contribution in [0.25, 0.3) is 0 Å². The van der Waals surface area contributed by atoms with Crippen molar-refractivity contribution in [3.63, 3.8) is 0 Å². The zero-order valence-electron chi connectivity index (χ0n) is 8.25. The minimum Gasteiger partial charge on any atom is -0.380 e. The Hall–Kier alpha value is -1.31. The van der Waals surface area contributed by atoms with Crippen molar-refractivity contribution in [3.8, 4) is 0 Å². The molecule has 0 radical (unpaired) electrons. The highest BCUT2D eigenvalue weighted by atomic mass is 19.4. The summed E-state index contributed by atoms with van der Waals surface area (Å²) in [5.74, 6) is 0. The van der Waals surface area contributed by atoms with Gasteiger partial charge in [0.05, 0.1) is 5.71 Å². The van der Waals surface area contributed by atoms with Gasteiger partial charge in [0, 0.05) is 0 Å². The summed E-state index contributed by atoms with van der Waals surface area (Å²) in [6, 6.07) is 0. The highest BCUT2D eigenvalue weighted by molar-refractivity contribution is 5.85. The molecule has 0 saturated heterocycles. The first kappa shape index (κ1) is 12.8. The van der Waals surface area contributed by atoms with E-state index in [2.05, 4.69) is 15.7 Å². The van der Waals surface area contributed by atoms with Gasteiger partial charge in [0.2, 0.25) is 0 Å². The maximum atomic E-state index is 12.4. The van der Waals surface area contributed by atoms with E-state index in [-0.39, 0.29) is 18.6 Å². The molecule has 0 aromatic carbocycles. The second-order valence-electron chi connectivity index (χ2n) is 3.60. The van der Waals surface area contributed by atoms with Crippen LogP contribution in [0.1, 0.15) is 25.7 Å². The second-order valence-corrected chi connectivity index (χ2v) is 3.60. The molecule has 1 amide bonds. The Kier molecular flexibility index (Phi) is 3.41. The summed E-state index contributed by atoms with van der Waals surface area (Å²) in [5.41, 5.74) is 2.25. The lowest BCUT2D eigenvalue weighted by atomic mass is 9.83. The summed E-state index contributed by atoms with van der Waals surface area (Å²) in [6.45, 7) is 0. The molecule has 3 N–H and O–H groups in total. The van der Waals surface area contributed by atoms with Crippen LogP contribution in [0.3, 0.4) is 0 Å². The van der Waals surface area contributed by atoms with Crippen molar-refractivity contribution in [3.05, 3.63) is 0 Å². The van der Waals surface area contributed by atoms with E-state index in [1.807, 2.05) is 0 Å². The molecule has 5 nitrogen and oxygen atoms in total. The van der Waals surface area contributed by atoms with E-state index < -0.39 is 30.7 Å². The molecule has 1 aliphatic rings. The monoisotopic (exact) mass is 240 g/mol. The molecule has 0 aromatic heterocycles. The molecule has 1 fully saturated rings. The van der Waals surface area contributed by atoms with Gasteiger partial charge in [0.15, 0.2) is 5.60 Å². The minimum absolute atomic E-state index is 0.0801. The molecule has 0 aliphatic heterocycles. The Labute approximate surface area is 89.0 Å². The first-order valence-corrected chi connectivity index (χ1v) is 4.56. The van der Waals surface area contributed by atoms with Gasteiger partial charge in [0.1, 0.15) is 0 Å². The number of nitrogens with two attached hydrogens (primary N) is 1. The molecule has 0 bridgehead atoms. The number of nitrogens with zero attached hydrogens (tertiary/aromatic N) is 1. The molecule has 16 heavy (non-hydrogen) atoms. The normalized spacial score (nSPS) is 26.4. The predicted octanol–water partition coefficient (Wildman–Crippen LogP) is 1.31. The van der Waals surface area contributed by atoms with Gasteiger partial charge in [-0.1, -0.05) is 5.16 Å². The van der Waals surface area contributed by atoms with Gasteiger partial charge < -0.3 is 10.8 Å². The van der Waals surface area contributed by atoms with E-state index >= 15 is 0 Å². The minimum atomic E-state index is -4.65. The summed E-state index contributed by atoms with van der Waals surface area (Å²) in [5, 5.41) is 12.6. The molecular formula is C8H11F3N2O3. The molecule has 8 heteroatoms. The van der Waals surface area contributed by atoms with Crippen LogP contribution >= 0.6 is 0 Å². The number of carbonyl (C=O) groups excluding carboxylic acids is 1. The molecule has 92 valence electrons. The number of amides is 1. The second kappa shape index (κ2) is 4.28. The van der Waals surface area contributed by atoms with Crippen molar-refractivity contribution in [2.24, 2.45) is 10.9 Å². The van der Waals surface area contributed by atoms with Crippen LogP contribution in [0.15, 0.2) is 5.16 Å². The van der Waals surface area contributed by atoms with Crippen molar-refractivity contribution in [2.75, 3.05) is 0 Å². The van der Waals surface area contributed by atoms with Gasteiger partial charge in [0.25, 0.3) is 0 Å². The number of alkyl halides is 3. The van der Waals surface area contributed by atoms with Crippen LogP contribution in [0, 0.1) is 0 Å². The van der Waals surface area contributed by atoms with Crippen molar-refractivity contribution >= 4 is 11.8 Å². The Morgan fingerprint density at radius 3 is 2.31 bits per heavy atom. The highest BCUT2D eigenvalue weighted by Gasteiger charge is 2.54. The quantitative estimate of drug-likeness (QED) is 0.535. The van der Waals surface area contributed by atoms with Gasteiger partial charge in [-0.25, -0.2) is 4.79 Å². The van der Waals surface area contributed by atoms with Crippen molar-refractivity contribution in [1.29, 1.82) is 0 Å². The topological polar surface area (TPSA) is 84.9 Å². The molecular weight excluding hydrogens is 229 g/mol. The van der Waals surface area contributed by atoms with E-state index in [9.17, 15) is 23.1 Å². The third kappa shape index (κ3) is 2.84. The van der Waals surface area contributed by atoms with Crippen molar-refractivity contribution in [1.82, 2.24) is 0 Å². The maximum Gasteiger partial charge on any atom is 0.430 e. The van der Waals surface area contributed by atoms with Crippen LogP contribution in [0.2, 0.25) is 0 Å². The highest BCUT2D eigenvalue weighted by Crippen LogP contribution is 2.40. The van der Waals surface area contributed by atoms with Crippen LogP contribution in [-0.4, -0.2) is 28.7 Å². The molecule has 1 rings (SSSR count). The van der Waals surface area contributed by atoms with Gasteiger partial charge in [-0.15, -0.1) is 0 Å². The third-order valence-electron chi connectivity index (χ3n) is 2.45. The Bertz CT molecular complexity index is 304. The fourth-order valence-corrected chi connectivity index (χ4v) is 1.44. The first-order valence-electron chi connectivity index (χ1n) is 4.56. The number of halogens is 3. The van der Waals surface area contributed by atoms with Crippen molar-refractivity contribution < 1.29 is 27.9 Å². The average molecular weight is 240 g/mol. The number of aliphatic hydroxyl groups is 1. The van der Waals surface area contributed by atoms with E-state index in [4.69, 9.17) is 0 Å². The van der Waals surface area contributed by atoms with Crippen LogP contribution < -0.4 is 5.73 Å². The molecule has 0 aromatic rings. The third-order valence-corrected chi connectivity index (χ3v) is 2.45. The molecule has 0 unspecified atom stereocenters. The smallest absolute Gasteiger partial charge is 0.380 e. The fraction of sp³-hybridized carbons (Fsp3) is 0.750. The predicted molar refractivity (Wildman–Crippen MR) is 47.6 cm³/mol. The van der Waals surface area contributed by atoms with E-state index in [1.165, 1.54) is 0 Å². The Morgan fingerprint density at radius 2 is 1.94 bits per heavy atom. The van der Waals surface area contributed by atoms with Gasteiger partial charge >= 0.3 is 12.3 Å². The summed E-state index contributed by atoms with van der Waals surface area (Å²) in [6.07, 6.45) is -6.91. The SMILES string of the molecule is NC(=O)ON=C1CCC(O)(C(F)(F)F)CC1. The largest absolute Gasteiger partial charge is 0.430 e. The van der Waals surface area contributed by atoms with Gasteiger partial charge in [-0.05, 0) is 25.7 Å². The number of carbonyl (C=O) groups is 1. The zero-order valence-corrected chi connectivity index (χ0v) is 8.25. The van der Waals surface area contributed by atoms with E-state index in [1.54, 1.807) is 0 Å². The standard InChI is InChI=1S/C8H11F3N2O3/c9-8(10,11)7(15)3-1-5(2-4-7)13-16-6(12)14/h15H,1-4H2,(H2,12,14). The lowest BCUT2D eigenvalue weighted by Crippen LogP contribution is -2.47. The zero-order chi connectivity index (χ0) is 12.4. The number of rotatable bonds is 1. The number of primary amides is 1. The molecule has 0 atom stereocenters. The van der Waals surface area contributed by atoms with Gasteiger partial charge in [-0.2, -0.15) is 13.2 Å². The molecule has 0 heterocycles. The van der Waals surface area contributed by atoms with Crippen LogP contribution in [0.4, 0.5) is 18.0 Å². The molecule has 1 saturated carbocycles. The van der Waals surface area contributed by atoms with Crippen LogP contribution in [-0.2, 0) is 4.84 Å². The Morgan fingerprint density at radius 1 is 1.44 bits per heavy atom. The van der Waals surface area contributed by atoms with E-state index in [0.717, 1.165) is 0 Å². The van der Waals surface area contributed by atoms with Crippen LogP contribution in [0.5, 0.6) is 0 Å². The molecule has 0 spiro atoms. The Balaban J connectivity index is 2.57. The number of hydrogen-bond donors (Lipinski definition) is 2. The average Bonchev–Trinajstić information content (AvgIpc) is 2.15. The summed E-state index contributed by atoms with van der Waals surface area (Å²) in [4.78, 5) is 14.3. The maximum absolute atomic E-state index is 12.4.